The van der Waals surface area contributed by atoms with Gasteiger partial charge in [0, 0.05) is 25.6 Å². The summed E-state index contributed by atoms with van der Waals surface area (Å²) in [5.74, 6) is 0.575. The average molecular weight is 295 g/mol. The Balaban J connectivity index is 2.43. The molecule has 0 saturated heterocycles. The van der Waals surface area contributed by atoms with E-state index in [1.807, 2.05) is 6.92 Å². The number of hydrogen-bond donors (Lipinski definition) is 2. The van der Waals surface area contributed by atoms with Crippen LogP contribution in [0.5, 0.6) is 0 Å². The summed E-state index contributed by atoms with van der Waals surface area (Å²) >= 11 is 0. The minimum absolute atomic E-state index is 0.0563. The van der Waals surface area contributed by atoms with E-state index in [1.54, 1.807) is 6.07 Å². The highest BCUT2D eigenvalue weighted by molar-refractivity contribution is 5.92. The Bertz CT molecular complexity index is 431. The summed E-state index contributed by atoms with van der Waals surface area (Å²) in [6.07, 6.45) is 4.13. The van der Waals surface area contributed by atoms with E-state index in [-0.39, 0.29) is 11.3 Å². The van der Waals surface area contributed by atoms with E-state index in [1.165, 1.54) is 12.8 Å². The molecule has 0 spiro atoms. The molecule has 1 atom stereocenters. The van der Waals surface area contributed by atoms with Gasteiger partial charge < -0.3 is 15.2 Å². The summed E-state index contributed by atoms with van der Waals surface area (Å²) in [6, 6.07) is 1.71. The molecule has 1 aromatic heterocycles. The lowest BCUT2D eigenvalue weighted by Gasteiger charge is -2.28. The minimum atomic E-state index is -0.160. The van der Waals surface area contributed by atoms with Crippen molar-refractivity contribution in [2.75, 3.05) is 19.6 Å². The number of aromatic nitrogens is 1. The smallest absolute Gasteiger partial charge is 0.273 e. The van der Waals surface area contributed by atoms with Gasteiger partial charge in [-0.15, -0.1) is 0 Å². The molecule has 1 heterocycles. The van der Waals surface area contributed by atoms with E-state index in [2.05, 4.69) is 36.6 Å². The summed E-state index contributed by atoms with van der Waals surface area (Å²) in [7, 11) is 0. The summed E-state index contributed by atoms with van der Waals surface area (Å²) in [5.41, 5.74) is 0.421. The van der Waals surface area contributed by atoms with Crippen LogP contribution in [0.1, 0.15) is 63.2 Å². The molecule has 0 aliphatic carbocycles. The van der Waals surface area contributed by atoms with Crippen molar-refractivity contribution < 1.29 is 9.32 Å². The van der Waals surface area contributed by atoms with Gasteiger partial charge in [-0.3, -0.25) is 4.79 Å². The lowest BCUT2D eigenvalue weighted by atomic mass is 9.87. The second-order valence-corrected chi connectivity index (χ2v) is 5.91. The van der Waals surface area contributed by atoms with E-state index in [0.717, 1.165) is 31.7 Å². The third-order valence-electron chi connectivity index (χ3n) is 3.93. The fourth-order valence-electron chi connectivity index (χ4n) is 1.98. The number of unbranched alkanes of at least 4 members (excludes halogenated alkanes) is 1. The van der Waals surface area contributed by atoms with Gasteiger partial charge in [0.1, 0.15) is 5.76 Å². The third kappa shape index (κ3) is 5.87. The maximum Gasteiger partial charge on any atom is 0.273 e. The molecule has 0 aliphatic heterocycles. The van der Waals surface area contributed by atoms with Crippen LogP contribution in [0.4, 0.5) is 0 Å². The lowest BCUT2D eigenvalue weighted by molar-refractivity contribution is 0.0922. The largest absolute Gasteiger partial charge is 0.361 e. The summed E-state index contributed by atoms with van der Waals surface area (Å²) < 4.78 is 5.06. The molecule has 21 heavy (non-hydrogen) atoms. The predicted octanol–water partition coefficient (Wildman–Crippen LogP) is 2.77. The summed E-state index contributed by atoms with van der Waals surface area (Å²) in [5, 5.41) is 10.2. The number of rotatable bonds is 10. The van der Waals surface area contributed by atoms with Gasteiger partial charge in [-0.25, -0.2) is 0 Å². The Morgan fingerprint density at radius 2 is 2.10 bits per heavy atom. The first-order valence-corrected chi connectivity index (χ1v) is 7.99. The highest BCUT2D eigenvalue weighted by Crippen LogP contribution is 2.19. The first kappa shape index (κ1) is 17.7. The number of nitrogens with one attached hydrogen (secondary N) is 2. The van der Waals surface area contributed by atoms with Crippen LogP contribution in [0.15, 0.2) is 10.6 Å². The van der Waals surface area contributed by atoms with Gasteiger partial charge in [-0.05, 0) is 24.8 Å². The molecule has 0 aromatic carbocycles. The molecule has 2 N–H and O–H groups in total. The second-order valence-electron chi connectivity index (χ2n) is 5.91. The normalized spacial score (nSPS) is 13.9. The van der Waals surface area contributed by atoms with Crippen LogP contribution in [-0.2, 0) is 6.42 Å². The molecule has 1 amide bonds. The predicted molar refractivity (Wildman–Crippen MR) is 84.4 cm³/mol. The second kappa shape index (κ2) is 8.82. The molecule has 1 aromatic rings. The van der Waals surface area contributed by atoms with Crippen LogP contribution in [0.2, 0.25) is 0 Å². The van der Waals surface area contributed by atoms with Gasteiger partial charge in [0.15, 0.2) is 5.69 Å². The fraction of sp³-hybridized carbons (Fsp3) is 0.750. The Labute approximate surface area is 127 Å². The number of carbonyl (C=O) groups excluding carboxylic acids is 1. The summed E-state index contributed by atoms with van der Waals surface area (Å²) in [4.78, 5) is 12.1. The first-order valence-electron chi connectivity index (χ1n) is 7.99. The molecular formula is C16H29N3O2. The zero-order valence-electron chi connectivity index (χ0n) is 13.8. The molecule has 5 nitrogen and oxygen atoms in total. The molecule has 0 bridgehead atoms. The third-order valence-corrected chi connectivity index (χ3v) is 3.93. The Morgan fingerprint density at radius 1 is 1.33 bits per heavy atom. The van der Waals surface area contributed by atoms with Crippen LogP contribution in [-0.4, -0.2) is 30.7 Å². The molecule has 5 heteroatoms. The van der Waals surface area contributed by atoms with E-state index < -0.39 is 0 Å². The highest BCUT2D eigenvalue weighted by Gasteiger charge is 2.23. The number of amides is 1. The average Bonchev–Trinajstić information content (AvgIpc) is 2.98. The maximum absolute atomic E-state index is 12.1. The number of carbonyl (C=O) groups is 1. The highest BCUT2D eigenvalue weighted by atomic mass is 16.5. The van der Waals surface area contributed by atoms with Gasteiger partial charge in [0.2, 0.25) is 0 Å². The van der Waals surface area contributed by atoms with E-state index in [0.29, 0.717) is 12.2 Å². The van der Waals surface area contributed by atoms with Crippen LogP contribution in [0.25, 0.3) is 0 Å². The van der Waals surface area contributed by atoms with Crippen molar-refractivity contribution in [3.05, 3.63) is 17.5 Å². The van der Waals surface area contributed by atoms with Crippen molar-refractivity contribution in [1.82, 2.24) is 15.8 Å². The lowest BCUT2D eigenvalue weighted by Crippen LogP contribution is -2.42. The monoisotopic (exact) mass is 295 g/mol. The van der Waals surface area contributed by atoms with Crippen molar-refractivity contribution in [3.8, 4) is 0 Å². The van der Waals surface area contributed by atoms with Crippen LogP contribution in [0, 0.1) is 5.41 Å². The van der Waals surface area contributed by atoms with Crippen molar-refractivity contribution >= 4 is 5.91 Å². The quantitative estimate of drug-likeness (QED) is 0.651. The first-order chi connectivity index (χ1) is 10.0. The fourth-order valence-corrected chi connectivity index (χ4v) is 1.98. The zero-order chi connectivity index (χ0) is 15.7. The number of aryl methyl sites for hydroxylation is 1. The number of nitrogens with zero attached hydrogens (tertiary/aromatic N) is 1. The Kier molecular flexibility index (Phi) is 7.43. The Hall–Kier alpha value is -1.36. The van der Waals surface area contributed by atoms with Gasteiger partial charge in [0.05, 0.1) is 0 Å². The van der Waals surface area contributed by atoms with Gasteiger partial charge >= 0.3 is 0 Å². The van der Waals surface area contributed by atoms with Crippen LogP contribution in [0.3, 0.4) is 0 Å². The van der Waals surface area contributed by atoms with Crippen molar-refractivity contribution in [3.63, 3.8) is 0 Å². The molecule has 0 fully saturated rings. The molecule has 1 rings (SSSR count). The Morgan fingerprint density at radius 3 is 2.67 bits per heavy atom. The van der Waals surface area contributed by atoms with Crippen LogP contribution < -0.4 is 10.6 Å². The van der Waals surface area contributed by atoms with Gasteiger partial charge in [0.25, 0.3) is 5.91 Å². The van der Waals surface area contributed by atoms with Gasteiger partial charge in [-0.1, -0.05) is 39.3 Å². The summed E-state index contributed by atoms with van der Waals surface area (Å²) in [6.45, 7) is 11.1. The van der Waals surface area contributed by atoms with Crippen molar-refractivity contribution in [2.45, 2.75) is 53.4 Å². The molecule has 0 aliphatic rings. The number of hydrogen-bond acceptors (Lipinski definition) is 4. The molecular weight excluding hydrogens is 266 g/mol. The van der Waals surface area contributed by atoms with Crippen molar-refractivity contribution in [1.29, 1.82) is 0 Å². The molecule has 0 radical (unpaired) electrons. The van der Waals surface area contributed by atoms with E-state index in [4.69, 9.17) is 4.52 Å². The van der Waals surface area contributed by atoms with Gasteiger partial charge in [-0.2, -0.15) is 0 Å². The van der Waals surface area contributed by atoms with E-state index in [9.17, 15) is 4.79 Å². The molecule has 120 valence electrons. The minimum Gasteiger partial charge on any atom is -0.361 e. The zero-order valence-corrected chi connectivity index (χ0v) is 13.8. The molecule has 0 saturated carbocycles. The topological polar surface area (TPSA) is 67.2 Å². The standard InChI is InChI=1S/C16H29N3O2/c1-5-8-9-17-11-16(4,7-3)12-18-15(20)14-10-13(6-2)21-19-14/h10,17H,5-9,11-12H2,1-4H3,(H,18,20). The molecule has 1 unspecified atom stereocenters. The van der Waals surface area contributed by atoms with Crippen LogP contribution >= 0.6 is 0 Å². The SMILES string of the molecule is CCCCNCC(C)(CC)CNC(=O)c1cc(CC)on1. The maximum atomic E-state index is 12.1. The van der Waals surface area contributed by atoms with E-state index >= 15 is 0 Å². The van der Waals surface area contributed by atoms with Crippen molar-refractivity contribution in [2.24, 2.45) is 5.41 Å².